The number of phenolic OH excluding ortho intramolecular Hbond substituents is 1. The molecule has 1 heterocycles. The number of hydrogen-bond acceptors (Lipinski definition) is 3. The zero-order chi connectivity index (χ0) is 18.1. The molecule has 0 aliphatic carbocycles. The van der Waals surface area contributed by atoms with Crippen LogP contribution in [0.3, 0.4) is 0 Å². The first-order valence-corrected chi connectivity index (χ1v) is 8.17. The molecule has 2 rings (SSSR count). The Balaban J connectivity index is 2.40. The molecular weight excluding hydrogens is 302 g/mol. The van der Waals surface area contributed by atoms with Gasteiger partial charge in [0.2, 0.25) is 0 Å². The Kier molecular flexibility index (Phi) is 4.79. The number of aromatic amines is 1. The minimum absolute atomic E-state index is 0.197. The number of carbonyl (C=O) groups is 1. The van der Waals surface area contributed by atoms with E-state index in [1.807, 2.05) is 53.7 Å². The normalized spacial score (nSPS) is 12.2. The monoisotopic (exact) mass is 329 g/mol. The number of nitrogens with one attached hydrogen (secondary N) is 1. The molecular formula is C20H27NO3. The molecule has 4 heteroatoms. The van der Waals surface area contributed by atoms with Gasteiger partial charge in [0.15, 0.2) is 0 Å². The predicted octanol–water partition coefficient (Wildman–Crippen LogP) is 4.67. The summed E-state index contributed by atoms with van der Waals surface area (Å²) in [5.41, 5.74) is 2.26. The van der Waals surface area contributed by atoms with E-state index in [2.05, 4.69) is 4.98 Å². The van der Waals surface area contributed by atoms with Crippen LogP contribution < -0.4 is 0 Å². The summed E-state index contributed by atoms with van der Waals surface area (Å²) in [6, 6.07) is 7.20. The molecule has 1 aromatic heterocycles. The van der Waals surface area contributed by atoms with Crippen LogP contribution in [0.4, 0.5) is 0 Å². The lowest BCUT2D eigenvalue weighted by Gasteiger charge is -2.27. The average molecular weight is 329 g/mol. The van der Waals surface area contributed by atoms with Crippen molar-refractivity contribution in [2.24, 2.45) is 0 Å². The van der Waals surface area contributed by atoms with Crippen LogP contribution in [0.25, 0.3) is 0 Å². The highest BCUT2D eigenvalue weighted by Crippen LogP contribution is 2.39. The van der Waals surface area contributed by atoms with Gasteiger partial charge in [-0.05, 0) is 35.1 Å². The van der Waals surface area contributed by atoms with Gasteiger partial charge >= 0.3 is 5.97 Å². The molecule has 24 heavy (non-hydrogen) atoms. The molecule has 0 radical (unpaired) electrons. The Morgan fingerprint density at radius 1 is 1.08 bits per heavy atom. The van der Waals surface area contributed by atoms with Crippen molar-refractivity contribution in [3.8, 4) is 5.75 Å². The van der Waals surface area contributed by atoms with Crippen molar-refractivity contribution in [2.75, 3.05) is 0 Å². The minimum Gasteiger partial charge on any atom is -0.507 e. The zero-order valence-electron chi connectivity index (χ0n) is 15.4. The lowest BCUT2D eigenvalue weighted by molar-refractivity contribution is 0.0468. The van der Waals surface area contributed by atoms with Gasteiger partial charge in [-0.1, -0.05) is 41.5 Å². The molecule has 130 valence electrons. The number of H-pyrrole nitrogens is 1. The quantitative estimate of drug-likeness (QED) is 0.804. The molecule has 2 N–H and O–H groups in total. The lowest BCUT2D eigenvalue weighted by Crippen LogP contribution is -2.19. The van der Waals surface area contributed by atoms with E-state index in [9.17, 15) is 9.90 Å². The van der Waals surface area contributed by atoms with Gasteiger partial charge < -0.3 is 14.8 Å². The van der Waals surface area contributed by atoms with E-state index in [1.54, 1.807) is 18.3 Å². The molecule has 0 aliphatic heterocycles. The van der Waals surface area contributed by atoms with Crippen molar-refractivity contribution in [3.05, 3.63) is 52.8 Å². The topological polar surface area (TPSA) is 62.3 Å². The first kappa shape index (κ1) is 18.1. The molecule has 0 saturated carbocycles. The molecule has 4 nitrogen and oxygen atoms in total. The average Bonchev–Trinajstić information content (AvgIpc) is 2.95. The SMILES string of the molecule is CC(C)(C)c1cc(C(=O)OCc2ccc[nH]2)cc(C(C)(C)C)c1O. The third-order valence-electron chi connectivity index (χ3n) is 3.98. The van der Waals surface area contributed by atoms with Crippen LogP contribution in [-0.4, -0.2) is 16.1 Å². The Morgan fingerprint density at radius 2 is 1.62 bits per heavy atom. The molecule has 0 saturated heterocycles. The van der Waals surface area contributed by atoms with Crippen LogP contribution in [0.1, 0.15) is 68.7 Å². The Hall–Kier alpha value is -2.23. The van der Waals surface area contributed by atoms with Crippen LogP contribution in [0.2, 0.25) is 0 Å². The number of aromatic hydroxyl groups is 1. The number of phenols is 1. The first-order valence-electron chi connectivity index (χ1n) is 8.17. The van der Waals surface area contributed by atoms with Crippen molar-refractivity contribution in [1.29, 1.82) is 0 Å². The molecule has 0 fully saturated rings. The molecule has 0 unspecified atom stereocenters. The van der Waals surface area contributed by atoms with Crippen LogP contribution in [0.15, 0.2) is 30.5 Å². The largest absolute Gasteiger partial charge is 0.507 e. The third kappa shape index (κ3) is 3.99. The van der Waals surface area contributed by atoms with Gasteiger partial charge in [-0.2, -0.15) is 0 Å². The maximum Gasteiger partial charge on any atom is 0.338 e. The van der Waals surface area contributed by atoms with Gasteiger partial charge in [0.25, 0.3) is 0 Å². The van der Waals surface area contributed by atoms with Gasteiger partial charge in [0, 0.05) is 17.3 Å². The van der Waals surface area contributed by atoms with E-state index in [0.717, 1.165) is 16.8 Å². The fourth-order valence-corrected chi connectivity index (χ4v) is 2.58. The Morgan fingerprint density at radius 3 is 2.04 bits per heavy atom. The van der Waals surface area contributed by atoms with Gasteiger partial charge in [-0.15, -0.1) is 0 Å². The molecule has 0 atom stereocenters. The van der Waals surface area contributed by atoms with Crippen LogP contribution in [0, 0.1) is 0 Å². The number of esters is 1. The second-order valence-electron chi connectivity index (χ2n) is 8.19. The predicted molar refractivity (Wildman–Crippen MR) is 95.4 cm³/mol. The van der Waals surface area contributed by atoms with Crippen molar-refractivity contribution in [3.63, 3.8) is 0 Å². The number of hydrogen-bond donors (Lipinski definition) is 2. The molecule has 2 aromatic rings. The van der Waals surface area contributed by atoms with Gasteiger partial charge in [-0.25, -0.2) is 4.79 Å². The van der Waals surface area contributed by atoms with E-state index in [0.29, 0.717) is 5.56 Å². The summed E-state index contributed by atoms with van der Waals surface area (Å²) in [6.45, 7) is 12.3. The van der Waals surface area contributed by atoms with E-state index < -0.39 is 0 Å². The molecule has 0 bridgehead atoms. The number of aromatic nitrogens is 1. The van der Waals surface area contributed by atoms with E-state index >= 15 is 0 Å². The van der Waals surface area contributed by atoms with Gasteiger partial charge in [0.1, 0.15) is 12.4 Å². The minimum atomic E-state index is -0.388. The molecule has 1 aromatic carbocycles. The van der Waals surface area contributed by atoms with Crippen LogP contribution >= 0.6 is 0 Å². The second kappa shape index (κ2) is 6.34. The van der Waals surface area contributed by atoms with Crippen molar-refractivity contribution >= 4 is 5.97 Å². The summed E-state index contributed by atoms with van der Waals surface area (Å²) >= 11 is 0. The smallest absolute Gasteiger partial charge is 0.338 e. The number of rotatable bonds is 3. The van der Waals surface area contributed by atoms with E-state index in [4.69, 9.17) is 4.74 Å². The highest BCUT2D eigenvalue weighted by Gasteiger charge is 2.28. The van der Waals surface area contributed by atoms with Crippen molar-refractivity contribution in [2.45, 2.75) is 59.0 Å². The summed E-state index contributed by atoms with van der Waals surface area (Å²) in [4.78, 5) is 15.5. The molecule has 0 aliphatic rings. The van der Waals surface area contributed by atoms with Gasteiger partial charge in [0.05, 0.1) is 11.3 Å². The standard InChI is InChI=1S/C20H27NO3/c1-19(2,3)15-10-13(11-16(17(15)22)20(4,5)6)18(23)24-12-14-8-7-9-21-14/h7-11,21-22H,12H2,1-6H3. The summed E-state index contributed by atoms with van der Waals surface area (Å²) in [7, 11) is 0. The Labute approximate surface area is 143 Å². The summed E-state index contributed by atoms with van der Waals surface area (Å²) < 4.78 is 5.40. The summed E-state index contributed by atoms with van der Waals surface area (Å²) in [5.74, 6) is -0.128. The van der Waals surface area contributed by atoms with Crippen molar-refractivity contribution in [1.82, 2.24) is 4.98 Å². The lowest BCUT2D eigenvalue weighted by atomic mass is 9.78. The third-order valence-corrected chi connectivity index (χ3v) is 3.98. The summed E-state index contributed by atoms with van der Waals surface area (Å²) in [6.07, 6.45) is 1.79. The highest BCUT2D eigenvalue weighted by molar-refractivity contribution is 5.90. The number of carbonyl (C=O) groups excluding carboxylic acids is 1. The maximum atomic E-state index is 12.5. The van der Waals surface area contributed by atoms with Gasteiger partial charge in [-0.3, -0.25) is 0 Å². The number of ether oxygens (including phenoxy) is 1. The fraction of sp³-hybridized carbons (Fsp3) is 0.450. The number of benzene rings is 1. The fourth-order valence-electron chi connectivity index (χ4n) is 2.58. The maximum absolute atomic E-state index is 12.5. The highest BCUT2D eigenvalue weighted by atomic mass is 16.5. The molecule has 0 amide bonds. The van der Waals surface area contributed by atoms with E-state index in [-0.39, 0.29) is 29.2 Å². The first-order chi connectivity index (χ1) is 11.0. The van der Waals surface area contributed by atoms with Crippen LogP contribution in [-0.2, 0) is 22.2 Å². The molecule has 0 spiro atoms. The Bertz CT molecular complexity index is 681. The second-order valence-corrected chi connectivity index (χ2v) is 8.19. The zero-order valence-corrected chi connectivity index (χ0v) is 15.4. The van der Waals surface area contributed by atoms with E-state index in [1.165, 1.54) is 0 Å². The van der Waals surface area contributed by atoms with Crippen molar-refractivity contribution < 1.29 is 14.6 Å². The summed E-state index contributed by atoms with van der Waals surface area (Å²) in [5, 5.41) is 10.7. The van der Waals surface area contributed by atoms with Crippen LogP contribution in [0.5, 0.6) is 5.75 Å².